The summed E-state index contributed by atoms with van der Waals surface area (Å²) in [6.45, 7) is 1.22. The van der Waals surface area contributed by atoms with Crippen molar-refractivity contribution >= 4 is 11.8 Å². The molecule has 25 heavy (non-hydrogen) atoms. The standard InChI is InChI=1S/C20H22N2O3/c23-18(16-10-5-2-6-11-16)19(24)21-17-12-7-13-22(20(17)25)14-15-8-3-1-4-9-15/h1-6,8-11,17-18,23H,7,12-14H2,(H,21,24)/t17-,18+/m0/s1. The molecular weight excluding hydrogens is 316 g/mol. The number of piperidine rings is 1. The molecule has 1 heterocycles. The third kappa shape index (κ3) is 4.25. The predicted octanol–water partition coefficient (Wildman–Crippen LogP) is 2.03. The van der Waals surface area contributed by atoms with Gasteiger partial charge in [0, 0.05) is 13.1 Å². The largest absolute Gasteiger partial charge is 0.378 e. The van der Waals surface area contributed by atoms with E-state index in [2.05, 4.69) is 5.32 Å². The fourth-order valence-electron chi connectivity index (χ4n) is 3.07. The summed E-state index contributed by atoms with van der Waals surface area (Å²) in [5.74, 6) is -0.630. The zero-order valence-electron chi connectivity index (χ0n) is 14.0. The molecule has 2 N–H and O–H groups in total. The minimum absolute atomic E-state index is 0.0938. The van der Waals surface area contributed by atoms with Crippen LogP contribution in [-0.4, -0.2) is 34.4 Å². The minimum atomic E-state index is -1.27. The van der Waals surface area contributed by atoms with Crippen LogP contribution in [0.25, 0.3) is 0 Å². The maximum Gasteiger partial charge on any atom is 0.254 e. The Kier molecular flexibility index (Phi) is 5.46. The van der Waals surface area contributed by atoms with Gasteiger partial charge in [-0.15, -0.1) is 0 Å². The molecule has 1 aliphatic rings. The Balaban J connectivity index is 1.62. The van der Waals surface area contributed by atoms with E-state index in [-0.39, 0.29) is 5.91 Å². The van der Waals surface area contributed by atoms with Gasteiger partial charge in [-0.05, 0) is 24.0 Å². The molecule has 0 radical (unpaired) electrons. The highest BCUT2D eigenvalue weighted by Crippen LogP contribution is 2.17. The maximum atomic E-state index is 12.7. The average molecular weight is 338 g/mol. The van der Waals surface area contributed by atoms with Gasteiger partial charge in [0.2, 0.25) is 5.91 Å². The molecule has 0 aliphatic carbocycles. The Morgan fingerprint density at radius 2 is 1.76 bits per heavy atom. The van der Waals surface area contributed by atoms with E-state index in [9.17, 15) is 14.7 Å². The smallest absolute Gasteiger partial charge is 0.254 e. The monoisotopic (exact) mass is 338 g/mol. The normalized spacial score (nSPS) is 18.7. The van der Waals surface area contributed by atoms with Crippen molar-refractivity contribution in [3.05, 3.63) is 71.8 Å². The summed E-state index contributed by atoms with van der Waals surface area (Å²) < 4.78 is 0. The molecule has 1 aliphatic heterocycles. The van der Waals surface area contributed by atoms with Crippen LogP contribution in [0.4, 0.5) is 0 Å². The Morgan fingerprint density at radius 3 is 2.44 bits per heavy atom. The SMILES string of the molecule is O=C(N[C@H]1CCCN(Cc2ccccc2)C1=O)[C@H](O)c1ccccc1. The average Bonchev–Trinajstić information content (AvgIpc) is 2.66. The molecule has 1 saturated heterocycles. The molecule has 2 atom stereocenters. The molecule has 0 unspecified atom stereocenters. The van der Waals surface area contributed by atoms with Crippen LogP contribution in [0.2, 0.25) is 0 Å². The van der Waals surface area contributed by atoms with E-state index in [1.807, 2.05) is 36.4 Å². The van der Waals surface area contributed by atoms with E-state index >= 15 is 0 Å². The number of benzene rings is 2. The predicted molar refractivity (Wildman–Crippen MR) is 94.4 cm³/mol. The van der Waals surface area contributed by atoms with Gasteiger partial charge in [-0.2, -0.15) is 0 Å². The van der Waals surface area contributed by atoms with Gasteiger partial charge in [-0.3, -0.25) is 9.59 Å². The van der Waals surface area contributed by atoms with Crippen LogP contribution < -0.4 is 5.32 Å². The summed E-state index contributed by atoms with van der Waals surface area (Å²) in [6.07, 6.45) is 0.154. The highest BCUT2D eigenvalue weighted by molar-refractivity contribution is 5.90. The quantitative estimate of drug-likeness (QED) is 0.876. The molecule has 0 spiro atoms. The highest BCUT2D eigenvalue weighted by atomic mass is 16.3. The zero-order valence-corrected chi connectivity index (χ0v) is 14.0. The zero-order chi connectivity index (χ0) is 17.6. The summed E-state index contributed by atoms with van der Waals surface area (Å²) >= 11 is 0. The van der Waals surface area contributed by atoms with Crippen molar-refractivity contribution in [1.82, 2.24) is 10.2 Å². The van der Waals surface area contributed by atoms with Gasteiger partial charge in [-0.25, -0.2) is 0 Å². The summed E-state index contributed by atoms with van der Waals surface area (Å²) in [4.78, 5) is 26.7. The third-order valence-corrected chi connectivity index (χ3v) is 4.43. The molecule has 130 valence electrons. The number of hydrogen-bond acceptors (Lipinski definition) is 3. The summed E-state index contributed by atoms with van der Waals surface area (Å²) in [6, 6.07) is 17.9. The van der Waals surface area contributed by atoms with E-state index < -0.39 is 18.1 Å². The van der Waals surface area contributed by atoms with Crippen LogP contribution in [0.5, 0.6) is 0 Å². The second kappa shape index (κ2) is 7.94. The Hall–Kier alpha value is -2.66. The van der Waals surface area contributed by atoms with Crippen LogP contribution in [0.1, 0.15) is 30.1 Å². The first kappa shape index (κ1) is 17.2. The van der Waals surface area contributed by atoms with Gasteiger partial charge in [0.05, 0.1) is 0 Å². The fourth-order valence-corrected chi connectivity index (χ4v) is 3.07. The van der Waals surface area contributed by atoms with Crippen molar-refractivity contribution < 1.29 is 14.7 Å². The van der Waals surface area contributed by atoms with Crippen molar-refractivity contribution in [2.45, 2.75) is 31.5 Å². The molecule has 3 rings (SSSR count). The van der Waals surface area contributed by atoms with Crippen LogP contribution in [0.3, 0.4) is 0 Å². The molecule has 0 aromatic heterocycles. The topological polar surface area (TPSA) is 69.6 Å². The molecule has 2 aromatic carbocycles. The van der Waals surface area contributed by atoms with Crippen LogP contribution >= 0.6 is 0 Å². The molecular formula is C20H22N2O3. The van der Waals surface area contributed by atoms with Crippen LogP contribution in [0.15, 0.2) is 60.7 Å². The van der Waals surface area contributed by atoms with E-state index in [4.69, 9.17) is 0 Å². The number of aliphatic hydroxyl groups is 1. The number of hydrogen-bond donors (Lipinski definition) is 2. The summed E-state index contributed by atoms with van der Waals surface area (Å²) in [5, 5.41) is 12.9. The van der Waals surface area contributed by atoms with Gasteiger partial charge in [0.25, 0.3) is 5.91 Å². The number of aliphatic hydroxyl groups excluding tert-OH is 1. The van der Waals surface area contributed by atoms with Gasteiger partial charge in [-0.1, -0.05) is 60.7 Å². The Labute approximate surface area is 147 Å². The molecule has 0 bridgehead atoms. The molecule has 2 amide bonds. The number of carbonyl (C=O) groups is 2. The summed E-state index contributed by atoms with van der Waals surface area (Å²) in [5.41, 5.74) is 1.58. The van der Waals surface area contributed by atoms with Gasteiger partial charge < -0.3 is 15.3 Å². The lowest BCUT2D eigenvalue weighted by molar-refractivity contribution is -0.141. The van der Waals surface area contributed by atoms with Crippen molar-refractivity contribution in [2.24, 2.45) is 0 Å². The van der Waals surface area contributed by atoms with Crippen molar-refractivity contribution in [1.29, 1.82) is 0 Å². The first-order valence-electron chi connectivity index (χ1n) is 8.51. The lowest BCUT2D eigenvalue weighted by Gasteiger charge is -2.33. The lowest BCUT2D eigenvalue weighted by atomic mass is 10.0. The van der Waals surface area contributed by atoms with Gasteiger partial charge in [0.1, 0.15) is 6.04 Å². The number of nitrogens with one attached hydrogen (secondary N) is 1. The first-order chi connectivity index (χ1) is 12.1. The van der Waals surface area contributed by atoms with E-state index in [1.165, 1.54) is 0 Å². The Morgan fingerprint density at radius 1 is 1.12 bits per heavy atom. The third-order valence-electron chi connectivity index (χ3n) is 4.43. The van der Waals surface area contributed by atoms with Gasteiger partial charge in [0.15, 0.2) is 6.10 Å². The van der Waals surface area contributed by atoms with Crippen LogP contribution in [0, 0.1) is 0 Å². The first-order valence-corrected chi connectivity index (χ1v) is 8.51. The molecule has 2 aromatic rings. The number of amides is 2. The minimum Gasteiger partial charge on any atom is -0.378 e. The van der Waals surface area contributed by atoms with Crippen LogP contribution in [-0.2, 0) is 16.1 Å². The second-order valence-corrected chi connectivity index (χ2v) is 6.26. The molecule has 5 heteroatoms. The lowest BCUT2D eigenvalue weighted by Crippen LogP contribution is -2.52. The summed E-state index contributed by atoms with van der Waals surface area (Å²) in [7, 11) is 0. The van der Waals surface area contributed by atoms with E-state index in [0.29, 0.717) is 25.1 Å². The Bertz CT molecular complexity index is 718. The molecule has 5 nitrogen and oxygen atoms in total. The number of nitrogens with zero attached hydrogens (tertiary/aromatic N) is 1. The number of carbonyl (C=O) groups excluding carboxylic acids is 2. The fraction of sp³-hybridized carbons (Fsp3) is 0.300. The van der Waals surface area contributed by atoms with Gasteiger partial charge >= 0.3 is 0 Å². The number of rotatable bonds is 5. The van der Waals surface area contributed by atoms with Crippen molar-refractivity contribution in [3.63, 3.8) is 0 Å². The van der Waals surface area contributed by atoms with E-state index in [0.717, 1.165) is 12.0 Å². The number of likely N-dealkylation sites (tertiary alicyclic amines) is 1. The maximum absolute atomic E-state index is 12.7. The molecule has 0 saturated carbocycles. The second-order valence-electron chi connectivity index (χ2n) is 6.26. The highest BCUT2D eigenvalue weighted by Gasteiger charge is 2.31. The van der Waals surface area contributed by atoms with Crippen molar-refractivity contribution in [2.75, 3.05) is 6.54 Å². The van der Waals surface area contributed by atoms with E-state index in [1.54, 1.807) is 29.2 Å². The molecule has 1 fully saturated rings. The van der Waals surface area contributed by atoms with Crippen molar-refractivity contribution in [3.8, 4) is 0 Å².